The monoisotopic (exact) mass is 415 g/mol. The smallest absolute Gasteiger partial charge is 0.119 e. The first-order valence-electron chi connectivity index (χ1n) is 12.2. The molecule has 0 radical (unpaired) electrons. The summed E-state index contributed by atoms with van der Waals surface area (Å²) < 4.78 is 5.64. The summed E-state index contributed by atoms with van der Waals surface area (Å²) in [5.41, 5.74) is 2.87. The average Bonchev–Trinajstić information content (AvgIpc) is 2.80. The number of ether oxygens (including phenoxy) is 1. The molecule has 0 amide bonds. The molecule has 4 atom stereocenters. The van der Waals surface area contributed by atoms with Crippen LogP contribution in [0, 0.1) is 5.92 Å². The van der Waals surface area contributed by atoms with Gasteiger partial charge in [0.05, 0.1) is 6.61 Å². The van der Waals surface area contributed by atoms with Gasteiger partial charge in [-0.05, 0) is 85.4 Å². The maximum Gasteiger partial charge on any atom is 0.119 e. The minimum Gasteiger partial charge on any atom is -0.494 e. The van der Waals surface area contributed by atoms with E-state index >= 15 is 0 Å². The van der Waals surface area contributed by atoms with Crippen LogP contribution < -0.4 is 10.1 Å². The highest BCUT2D eigenvalue weighted by molar-refractivity contribution is 5.86. The van der Waals surface area contributed by atoms with Gasteiger partial charge in [-0.25, -0.2) is 0 Å². The second-order valence-electron chi connectivity index (χ2n) is 9.12. The summed E-state index contributed by atoms with van der Waals surface area (Å²) in [6, 6.07) is 25.2. The molecule has 1 aliphatic rings. The summed E-state index contributed by atoms with van der Waals surface area (Å²) in [6.07, 6.45) is 6.40. The molecule has 0 aliphatic heterocycles. The SMILES string of the molecule is CCCC1CCC(c2ccc(OCC)cc2)CC1N[C@H](C)c1cccc2ccccc12. The van der Waals surface area contributed by atoms with Gasteiger partial charge in [0.1, 0.15) is 5.75 Å². The standard InChI is InChI=1S/C29H37NO/c1-4-9-24-14-15-25(22-16-18-26(19-17-22)31-5-2)20-29(24)30-21(3)27-13-8-11-23-10-6-7-12-28(23)27/h6-8,10-13,16-19,21,24-25,29-30H,4-5,9,14-15,20H2,1-3H3/t21-,24?,25?,29?/m1/s1. The Kier molecular flexibility index (Phi) is 7.29. The molecule has 0 spiro atoms. The number of hydrogen-bond acceptors (Lipinski definition) is 2. The third-order valence-electron chi connectivity index (χ3n) is 7.07. The van der Waals surface area contributed by atoms with E-state index in [0.29, 0.717) is 18.0 Å². The normalized spacial score (nSPS) is 22.4. The summed E-state index contributed by atoms with van der Waals surface area (Å²) >= 11 is 0. The molecule has 2 heteroatoms. The van der Waals surface area contributed by atoms with Gasteiger partial charge in [-0.15, -0.1) is 0 Å². The van der Waals surface area contributed by atoms with Crippen molar-refractivity contribution >= 4 is 10.8 Å². The topological polar surface area (TPSA) is 21.3 Å². The van der Waals surface area contributed by atoms with Gasteiger partial charge in [-0.3, -0.25) is 0 Å². The van der Waals surface area contributed by atoms with E-state index < -0.39 is 0 Å². The molecule has 2 nitrogen and oxygen atoms in total. The molecular formula is C29H37NO. The van der Waals surface area contributed by atoms with Gasteiger partial charge < -0.3 is 10.1 Å². The highest BCUT2D eigenvalue weighted by Crippen LogP contribution is 2.39. The molecule has 1 aliphatic carbocycles. The molecule has 4 rings (SSSR count). The molecule has 1 fully saturated rings. The second-order valence-corrected chi connectivity index (χ2v) is 9.12. The first kappa shape index (κ1) is 21.9. The first-order valence-corrected chi connectivity index (χ1v) is 12.2. The number of hydrogen-bond donors (Lipinski definition) is 1. The van der Waals surface area contributed by atoms with Crippen LogP contribution in [0.3, 0.4) is 0 Å². The van der Waals surface area contributed by atoms with Crippen molar-refractivity contribution in [1.29, 1.82) is 0 Å². The van der Waals surface area contributed by atoms with Crippen LogP contribution >= 0.6 is 0 Å². The highest BCUT2D eigenvalue weighted by Gasteiger charge is 2.31. The average molecular weight is 416 g/mol. The minimum atomic E-state index is 0.342. The Morgan fingerprint density at radius 1 is 0.935 bits per heavy atom. The number of rotatable bonds is 8. The Labute approximate surface area is 188 Å². The highest BCUT2D eigenvalue weighted by atomic mass is 16.5. The Balaban J connectivity index is 1.52. The van der Waals surface area contributed by atoms with Crippen molar-refractivity contribution in [2.24, 2.45) is 5.92 Å². The van der Waals surface area contributed by atoms with Crippen molar-refractivity contribution in [2.75, 3.05) is 6.61 Å². The maximum atomic E-state index is 5.64. The van der Waals surface area contributed by atoms with E-state index in [9.17, 15) is 0 Å². The van der Waals surface area contributed by atoms with Crippen molar-refractivity contribution in [2.45, 2.75) is 70.9 Å². The van der Waals surface area contributed by atoms with E-state index in [2.05, 4.69) is 85.9 Å². The lowest BCUT2D eigenvalue weighted by atomic mass is 9.73. The Morgan fingerprint density at radius 3 is 2.48 bits per heavy atom. The largest absolute Gasteiger partial charge is 0.494 e. The lowest BCUT2D eigenvalue weighted by Crippen LogP contribution is -2.41. The van der Waals surface area contributed by atoms with E-state index in [0.717, 1.165) is 18.3 Å². The zero-order valence-electron chi connectivity index (χ0n) is 19.3. The summed E-state index contributed by atoms with van der Waals surface area (Å²) in [7, 11) is 0. The van der Waals surface area contributed by atoms with Crippen molar-refractivity contribution < 1.29 is 4.74 Å². The molecule has 3 aromatic rings. The number of fused-ring (bicyclic) bond motifs is 1. The zero-order valence-corrected chi connectivity index (χ0v) is 19.3. The third-order valence-corrected chi connectivity index (χ3v) is 7.07. The van der Waals surface area contributed by atoms with Crippen LogP contribution in [-0.2, 0) is 0 Å². The fourth-order valence-electron chi connectivity index (χ4n) is 5.50. The van der Waals surface area contributed by atoms with Gasteiger partial charge in [-0.2, -0.15) is 0 Å². The van der Waals surface area contributed by atoms with E-state index in [1.165, 1.54) is 54.0 Å². The van der Waals surface area contributed by atoms with Crippen LogP contribution in [0.4, 0.5) is 0 Å². The number of benzene rings is 3. The van der Waals surface area contributed by atoms with Gasteiger partial charge in [0.15, 0.2) is 0 Å². The van der Waals surface area contributed by atoms with Crippen LogP contribution in [0.25, 0.3) is 10.8 Å². The fourth-order valence-corrected chi connectivity index (χ4v) is 5.50. The van der Waals surface area contributed by atoms with Crippen LogP contribution in [0.2, 0.25) is 0 Å². The second kappa shape index (κ2) is 10.3. The summed E-state index contributed by atoms with van der Waals surface area (Å²) in [5, 5.41) is 6.77. The molecule has 3 aromatic carbocycles. The van der Waals surface area contributed by atoms with E-state index in [4.69, 9.17) is 4.74 Å². The molecule has 1 N–H and O–H groups in total. The Morgan fingerprint density at radius 2 is 1.71 bits per heavy atom. The lowest BCUT2D eigenvalue weighted by molar-refractivity contribution is 0.215. The predicted octanol–water partition coefficient (Wildman–Crippen LogP) is 7.64. The van der Waals surface area contributed by atoms with Gasteiger partial charge >= 0.3 is 0 Å². The predicted molar refractivity (Wildman–Crippen MR) is 132 cm³/mol. The zero-order chi connectivity index (χ0) is 21.6. The van der Waals surface area contributed by atoms with Crippen LogP contribution in [0.15, 0.2) is 66.7 Å². The quantitative estimate of drug-likeness (QED) is 0.408. The number of nitrogens with one attached hydrogen (secondary N) is 1. The molecular weight excluding hydrogens is 378 g/mol. The Bertz CT molecular complexity index is 959. The van der Waals surface area contributed by atoms with Gasteiger partial charge in [-0.1, -0.05) is 67.9 Å². The molecule has 0 bridgehead atoms. The summed E-state index contributed by atoms with van der Waals surface area (Å²) in [6.45, 7) is 7.42. The van der Waals surface area contributed by atoms with Gasteiger partial charge in [0.2, 0.25) is 0 Å². The molecule has 3 unspecified atom stereocenters. The van der Waals surface area contributed by atoms with Gasteiger partial charge in [0, 0.05) is 12.1 Å². The first-order chi connectivity index (χ1) is 15.2. The third kappa shape index (κ3) is 5.13. The van der Waals surface area contributed by atoms with Crippen LogP contribution in [0.5, 0.6) is 5.75 Å². The lowest BCUT2D eigenvalue weighted by Gasteiger charge is -2.39. The van der Waals surface area contributed by atoms with Gasteiger partial charge in [0.25, 0.3) is 0 Å². The van der Waals surface area contributed by atoms with Crippen molar-refractivity contribution in [3.63, 3.8) is 0 Å². The summed E-state index contributed by atoms with van der Waals surface area (Å²) in [4.78, 5) is 0. The van der Waals surface area contributed by atoms with Crippen molar-refractivity contribution in [3.05, 3.63) is 77.9 Å². The van der Waals surface area contributed by atoms with Crippen LogP contribution in [0.1, 0.15) is 76.0 Å². The van der Waals surface area contributed by atoms with Crippen LogP contribution in [-0.4, -0.2) is 12.6 Å². The molecule has 31 heavy (non-hydrogen) atoms. The molecule has 0 aromatic heterocycles. The molecule has 0 heterocycles. The maximum absolute atomic E-state index is 5.64. The van der Waals surface area contributed by atoms with E-state index in [-0.39, 0.29) is 0 Å². The molecule has 1 saturated carbocycles. The van der Waals surface area contributed by atoms with E-state index in [1.807, 2.05) is 6.92 Å². The molecule has 164 valence electrons. The van der Waals surface area contributed by atoms with Crippen molar-refractivity contribution in [1.82, 2.24) is 5.32 Å². The van der Waals surface area contributed by atoms with Crippen molar-refractivity contribution in [3.8, 4) is 5.75 Å². The Hall–Kier alpha value is -2.32. The summed E-state index contributed by atoms with van der Waals surface area (Å²) in [5.74, 6) is 2.37. The molecule has 0 saturated heterocycles. The van der Waals surface area contributed by atoms with E-state index in [1.54, 1.807) is 0 Å². The fraction of sp³-hybridized carbons (Fsp3) is 0.448. The minimum absolute atomic E-state index is 0.342.